The van der Waals surface area contributed by atoms with Crippen LogP contribution in [0.3, 0.4) is 0 Å². The molecule has 0 radical (unpaired) electrons. The quantitative estimate of drug-likeness (QED) is 0.174. The van der Waals surface area contributed by atoms with E-state index in [-0.39, 0.29) is 45.2 Å². The van der Waals surface area contributed by atoms with Gasteiger partial charge in [0.25, 0.3) is 0 Å². The number of ether oxygens (including phenoxy) is 8. The number of rotatable bonds is 6. The van der Waals surface area contributed by atoms with E-state index in [1.807, 2.05) is 12.1 Å². The van der Waals surface area contributed by atoms with Gasteiger partial charge in [0.15, 0.2) is 71.5 Å². The number of hydrogen-bond donors (Lipinski definition) is 0. The first-order valence-electron chi connectivity index (χ1n) is 16.3. The third kappa shape index (κ3) is 5.24. The first kappa shape index (κ1) is 32.9. The molecule has 4 aliphatic rings. The molecule has 2 aromatic heterocycles. The minimum absolute atomic E-state index is 0. The van der Waals surface area contributed by atoms with Crippen molar-refractivity contribution in [2.45, 2.75) is 25.9 Å². The van der Waals surface area contributed by atoms with E-state index in [4.69, 9.17) is 37.9 Å². The first-order valence-corrected chi connectivity index (χ1v) is 16.3. The van der Waals surface area contributed by atoms with Crippen LogP contribution in [0.15, 0.2) is 73.1 Å². The van der Waals surface area contributed by atoms with Gasteiger partial charge in [-0.05, 0) is 70.4 Å². The Bertz CT molecular complexity index is 2220. The molecule has 10 rings (SSSR count). The van der Waals surface area contributed by atoms with Crippen molar-refractivity contribution in [1.29, 1.82) is 0 Å². The van der Waals surface area contributed by atoms with Gasteiger partial charge in [-0.15, -0.1) is 0 Å². The molecule has 51 heavy (non-hydrogen) atoms. The van der Waals surface area contributed by atoms with Crippen LogP contribution in [-0.2, 0) is 25.9 Å². The van der Waals surface area contributed by atoms with Crippen molar-refractivity contribution in [2.75, 3.05) is 34.6 Å². The van der Waals surface area contributed by atoms with Crippen LogP contribution in [0.1, 0.15) is 11.1 Å². The van der Waals surface area contributed by atoms with Gasteiger partial charge in [-0.3, -0.25) is 0 Å². The summed E-state index contributed by atoms with van der Waals surface area (Å²) < 4.78 is 51.6. The molecule has 4 aliphatic heterocycles. The van der Waals surface area contributed by atoms with E-state index < -0.39 is 0 Å². The summed E-state index contributed by atoms with van der Waals surface area (Å²) in [6, 6.07) is 20.8. The van der Waals surface area contributed by atoms with Crippen LogP contribution in [-0.4, -0.2) is 34.6 Å². The Morgan fingerprint density at radius 2 is 1.00 bits per heavy atom. The maximum absolute atomic E-state index is 6.43. The summed E-state index contributed by atoms with van der Waals surface area (Å²) in [5, 5.41) is 3.93. The fraction of sp³-hybridized carbons (Fsp3) is 0.231. The van der Waals surface area contributed by atoms with Gasteiger partial charge in [0, 0.05) is 25.0 Å². The van der Waals surface area contributed by atoms with E-state index in [1.54, 1.807) is 14.2 Å². The number of aromatic nitrogens is 2. The highest BCUT2D eigenvalue weighted by Crippen LogP contribution is 2.44. The molecule has 260 valence electrons. The minimum Gasteiger partial charge on any atom is -1.00 e. The number of aryl methyl sites for hydroxylation is 4. The third-order valence-corrected chi connectivity index (χ3v) is 10.00. The smallest absolute Gasteiger partial charge is 0.231 e. The SMILES string of the molecule is COc1ccc2cc3[n+](cc2c1OCOc1c(OC)ccc2cc4[n+](cc12)CCc1cc2c(cc1-4)OCO2)CCc1cc2c(cc1-3)OCO2.[Cl-].[Cl-]. The molecule has 0 fully saturated rings. The van der Waals surface area contributed by atoms with Gasteiger partial charge in [-0.2, -0.15) is 9.13 Å². The molecule has 10 nitrogen and oxygen atoms in total. The maximum Gasteiger partial charge on any atom is 0.231 e. The summed E-state index contributed by atoms with van der Waals surface area (Å²) in [4.78, 5) is 0. The summed E-state index contributed by atoms with van der Waals surface area (Å²) in [7, 11) is 3.30. The monoisotopic (exact) mass is 726 g/mol. The molecule has 0 saturated carbocycles. The van der Waals surface area contributed by atoms with E-state index in [1.165, 1.54) is 11.1 Å². The Morgan fingerprint density at radius 1 is 0.569 bits per heavy atom. The lowest BCUT2D eigenvalue weighted by atomic mass is 9.95. The zero-order valence-electron chi connectivity index (χ0n) is 27.8. The normalized spacial score (nSPS) is 14.0. The molecule has 0 atom stereocenters. The molecule has 6 heterocycles. The zero-order chi connectivity index (χ0) is 32.6. The average Bonchev–Trinajstić information content (AvgIpc) is 3.80. The fourth-order valence-corrected chi connectivity index (χ4v) is 7.56. The molecule has 6 aromatic rings. The average molecular weight is 728 g/mol. The number of benzene rings is 4. The Morgan fingerprint density at radius 3 is 1.43 bits per heavy atom. The van der Waals surface area contributed by atoms with E-state index in [9.17, 15) is 0 Å². The van der Waals surface area contributed by atoms with E-state index in [0.29, 0.717) is 23.0 Å². The van der Waals surface area contributed by atoms with E-state index >= 15 is 0 Å². The van der Waals surface area contributed by atoms with E-state index in [2.05, 4.69) is 70.1 Å². The molecule has 0 spiro atoms. The lowest BCUT2D eigenvalue weighted by molar-refractivity contribution is -0.686. The number of halogens is 2. The first-order chi connectivity index (χ1) is 24.1. The Hall–Kier alpha value is -5.32. The summed E-state index contributed by atoms with van der Waals surface area (Å²) >= 11 is 0. The predicted molar refractivity (Wildman–Crippen MR) is 178 cm³/mol. The molecule has 0 bridgehead atoms. The highest BCUT2D eigenvalue weighted by molar-refractivity contribution is 5.93. The number of pyridine rings is 2. The Labute approximate surface area is 305 Å². The van der Waals surface area contributed by atoms with Crippen LogP contribution >= 0.6 is 0 Å². The summed E-state index contributed by atoms with van der Waals surface area (Å²) in [6.45, 7) is 2.12. The number of fused-ring (bicyclic) bond motifs is 10. The minimum atomic E-state index is -0.0485. The van der Waals surface area contributed by atoms with Crippen molar-refractivity contribution >= 4 is 21.5 Å². The van der Waals surface area contributed by atoms with Crippen LogP contribution in [0.25, 0.3) is 44.1 Å². The van der Waals surface area contributed by atoms with Gasteiger partial charge >= 0.3 is 0 Å². The van der Waals surface area contributed by atoms with Crippen LogP contribution in [0.5, 0.6) is 46.0 Å². The van der Waals surface area contributed by atoms with Crippen molar-refractivity contribution in [2.24, 2.45) is 0 Å². The summed E-state index contributed by atoms with van der Waals surface area (Å²) in [5.41, 5.74) is 7.04. The topological polar surface area (TPSA) is 81.6 Å². The van der Waals surface area contributed by atoms with Crippen LogP contribution < -0.4 is 71.8 Å². The highest BCUT2D eigenvalue weighted by Gasteiger charge is 2.31. The van der Waals surface area contributed by atoms with Gasteiger partial charge in [0.05, 0.1) is 36.1 Å². The van der Waals surface area contributed by atoms with Crippen molar-refractivity contribution in [3.05, 3.63) is 84.2 Å². The van der Waals surface area contributed by atoms with Crippen LogP contribution in [0.2, 0.25) is 0 Å². The molecule has 0 amide bonds. The van der Waals surface area contributed by atoms with Gasteiger partial charge in [0.2, 0.25) is 31.8 Å². The third-order valence-electron chi connectivity index (χ3n) is 10.00. The molecule has 0 saturated heterocycles. The van der Waals surface area contributed by atoms with Gasteiger partial charge in [0.1, 0.15) is 0 Å². The van der Waals surface area contributed by atoms with Gasteiger partial charge in [-0.1, -0.05) is 0 Å². The van der Waals surface area contributed by atoms with Crippen LogP contribution in [0.4, 0.5) is 0 Å². The van der Waals surface area contributed by atoms with Crippen molar-refractivity contribution in [3.63, 3.8) is 0 Å². The van der Waals surface area contributed by atoms with Crippen molar-refractivity contribution < 1.29 is 71.8 Å². The molecule has 4 aromatic carbocycles. The lowest BCUT2D eigenvalue weighted by Crippen LogP contribution is -3.00. The van der Waals surface area contributed by atoms with Gasteiger partial charge < -0.3 is 62.7 Å². The van der Waals surface area contributed by atoms with E-state index in [0.717, 1.165) is 93.0 Å². The number of hydrogen-bond acceptors (Lipinski definition) is 8. The molecule has 12 heteroatoms. The second-order valence-electron chi connectivity index (χ2n) is 12.5. The second kappa shape index (κ2) is 12.8. The zero-order valence-corrected chi connectivity index (χ0v) is 29.3. The molecule has 0 aliphatic carbocycles. The molecular weight excluding hydrogens is 695 g/mol. The number of nitrogens with zero attached hydrogens (tertiary/aromatic N) is 2. The second-order valence-corrected chi connectivity index (χ2v) is 12.5. The Balaban J connectivity index is 0.00000187. The largest absolute Gasteiger partial charge is 1.00 e. The highest BCUT2D eigenvalue weighted by atomic mass is 35.5. The summed E-state index contributed by atoms with van der Waals surface area (Å²) in [5.74, 6) is 5.69. The summed E-state index contributed by atoms with van der Waals surface area (Å²) in [6.07, 6.45) is 6.05. The van der Waals surface area contributed by atoms with Crippen molar-refractivity contribution in [3.8, 4) is 68.5 Å². The van der Waals surface area contributed by atoms with Crippen molar-refractivity contribution in [1.82, 2.24) is 0 Å². The Kier molecular flexibility index (Phi) is 8.23. The molecular formula is C39H32Cl2N2O8. The fourth-order valence-electron chi connectivity index (χ4n) is 7.56. The predicted octanol–water partition coefficient (Wildman–Crippen LogP) is -0.0879. The maximum atomic E-state index is 6.43. The molecule has 0 unspecified atom stereocenters. The van der Waals surface area contributed by atoms with Gasteiger partial charge in [-0.25, -0.2) is 0 Å². The van der Waals surface area contributed by atoms with Crippen LogP contribution in [0, 0.1) is 0 Å². The lowest BCUT2D eigenvalue weighted by Gasteiger charge is -2.19. The number of methoxy groups -OCH3 is 2. The molecule has 0 N–H and O–H groups in total. The standard InChI is InChI=1S/C39H32N2O8.2ClH/c1-42-32-5-3-22-11-30-26-15-36-34(44-19-46-36)13-24(26)7-9-40(30)17-28(22)38(32)48-21-49-39-29-18-41-10-8-25-14-35-37(47-20-45-35)16-27(25)31(41)12-23(29)4-6-33(39)43-2;;/h3-6,11-18H,7-10,19-21H2,1-2H3;2*1H/q+2;;/p-2.